The second-order valence-corrected chi connectivity index (χ2v) is 7.73. The Balaban J connectivity index is 1.56. The number of benzene rings is 1. The molecule has 0 aliphatic heterocycles. The molecule has 5 rings (SSSR count). The first-order chi connectivity index (χ1) is 13.4. The van der Waals surface area contributed by atoms with Gasteiger partial charge in [-0.2, -0.15) is 5.10 Å². The number of halogens is 3. The minimum absolute atomic E-state index is 0.135. The molecule has 0 saturated heterocycles. The number of anilines is 1. The van der Waals surface area contributed by atoms with Gasteiger partial charge in [-0.05, 0) is 49.4 Å². The van der Waals surface area contributed by atoms with Crippen molar-refractivity contribution in [1.29, 1.82) is 0 Å². The number of nitrogens with zero attached hydrogens (tertiary/aromatic N) is 3. The normalized spacial score (nSPS) is 19.3. The second-order valence-electron chi connectivity index (χ2n) is 7.32. The zero-order valence-corrected chi connectivity index (χ0v) is 15.6. The SMILES string of the molecule is Cc1cnc(NC(=O)c2nn(-c3ccc(F)cc3F)c3c2C[C@H]2C[C@@H]32)c(Cl)c1. The number of amides is 1. The fourth-order valence-electron chi connectivity index (χ4n) is 3.93. The molecule has 1 amide bonds. The van der Waals surface area contributed by atoms with Gasteiger partial charge in [0.2, 0.25) is 0 Å². The number of carbonyl (C=O) groups excluding carboxylic acids is 1. The second kappa shape index (κ2) is 6.10. The van der Waals surface area contributed by atoms with Gasteiger partial charge in [-0.25, -0.2) is 18.4 Å². The van der Waals surface area contributed by atoms with Crippen LogP contribution < -0.4 is 5.32 Å². The Morgan fingerprint density at radius 1 is 1.32 bits per heavy atom. The van der Waals surface area contributed by atoms with Crippen molar-refractivity contribution in [3.8, 4) is 5.69 Å². The first-order valence-corrected chi connectivity index (χ1v) is 9.31. The molecule has 8 heteroatoms. The summed E-state index contributed by atoms with van der Waals surface area (Å²) in [5.41, 5.74) is 2.88. The van der Waals surface area contributed by atoms with Crippen molar-refractivity contribution in [3.63, 3.8) is 0 Å². The molecule has 0 radical (unpaired) electrons. The van der Waals surface area contributed by atoms with E-state index in [4.69, 9.17) is 11.6 Å². The van der Waals surface area contributed by atoms with Crippen LogP contribution in [-0.4, -0.2) is 20.7 Å². The van der Waals surface area contributed by atoms with Crippen molar-refractivity contribution in [2.45, 2.75) is 25.7 Å². The summed E-state index contributed by atoms with van der Waals surface area (Å²) in [7, 11) is 0. The fraction of sp³-hybridized carbons (Fsp3) is 0.250. The molecule has 2 heterocycles. The summed E-state index contributed by atoms with van der Waals surface area (Å²) in [6, 6.07) is 5.05. The lowest BCUT2D eigenvalue weighted by Gasteiger charge is -2.07. The first kappa shape index (κ1) is 17.3. The van der Waals surface area contributed by atoms with Crippen LogP contribution in [0.15, 0.2) is 30.5 Å². The predicted octanol–water partition coefficient (Wildman–Crippen LogP) is 4.42. The monoisotopic (exact) mass is 400 g/mol. The van der Waals surface area contributed by atoms with Gasteiger partial charge in [0.05, 0.1) is 10.7 Å². The number of nitrogens with one attached hydrogen (secondary N) is 1. The lowest BCUT2D eigenvalue weighted by molar-refractivity contribution is 0.102. The van der Waals surface area contributed by atoms with E-state index in [0.29, 0.717) is 10.9 Å². The standard InChI is InChI=1S/C20H15ClF2N4O/c1-9-4-14(21)19(24-8-9)25-20(28)17-13-6-10-5-12(10)18(13)27(26-17)16-3-2-11(22)7-15(16)23/h2-4,7-8,10,12H,5-6H2,1H3,(H,24,25,28)/t10-,12-/m1/s1. The maximum Gasteiger partial charge on any atom is 0.277 e. The number of pyridine rings is 1. The highest BCUT2D eigenvalue weighted by Gasteiger charge is 2.50. The van der Waals surface area contributed by atoms with Crippen LogP contribution in [0, 0.1) is 24.5 Å². The number of carbonyl (C=O) groups is 1. The van der Waals surface area contributed by atoms with Gasteiger partial charge in [0.25, 0.3) is 5.91 Å². The molecular formula is C20H15ClF2N4O. The third-order valence-electron chi connectivity index (χ3n) is 5.33. The van der Waals surface area contributed by atoms with Gasteiger partial charge in [0.15, 0.2) is 17.3 Å². The van der Waals surface area contributed by atoms with Crippen molar-refractivity contribution in [1.82, 2.24) is 14.8 Å². The molecular weight excluding hydrogens is 386 g/mol. The van der Waals surface area contributed by atoms with Crippen LogP contribution in [0.25, 0.3) is 5.69 Å². The highest BCUT2D eigenvalue weighted by Crippen LogP contribution is 2.57. The molecule has 142 valence electrons. The smallest absolute Gasteiger partial charge is 0.277 e. The highest BCUT2D eigenvalue weighted by molar-refractivity contribution is 6.33. The van der Waals surface area contributed by atoms with E-state index in [-0.39, 0.29) is 23.1 Å². The molecule has 2 aliphatic rings. The van der Waals surface area contributed by atoms with E-state index in [1.54, 1.807) is 12.3 Å². The van der Waals surface area contributed by atoms with Gasteiger partial charge in [-0.1, -0.05) is 11.6 Å². The van der Waals surface area contributed by atoms with Crippen molar-refractivity contribution < 1.29 is 13.6 Å². The molecule has 3 aromatic rings. The largest absolute Gasteiger partial charge is 0.304 e. The molecule has 0 bridgehead atoms. The van der Waals surface area contributed by atoms with E-state index in [2.05, 4.69) is 15.4 Å². The number of hydrogen-bond acceptors (Lipinski definition) is 3. The molecule has 2 atom stereocenters. The molecule has 5 nitrogen and oxygen atoms in total. The lowest BCUT2D eigenvalue weighted by Crippen LogP contribution is -2.16. The number of fused-ring (bicyclic) bond motifs is 3. The van der Waals surface area contributed by atoms with Gasteiger partial charge < -0.3 is 5.32 Å². The van der Waals surface area contributed by atoms with Crippen molar-refractivity contribution in [2.75, 3.05) is 5.32 Å². The van der Waals surface area contributed by atoms with Crippen LogP contribution in [0.3, 0.4) is 0 Å². The summed E-state index contributed by atoms with van der Waals surface area (Å²) in [6.07, 6.45) is 3.32. The quantitative estimate of drug-likeness (QED) is 0.708. The first-order valence-electron chi connectivity index (χ1n) is 8.93. The highest BCUT2D eigenvalue weighted by atomic mass is 35.5. The van der Waals surface area contributed by atoms with Gasteiger partial charge in [-0.3, -0.25) is 4.79 Å². The number of aryl methyl sites for hydroxylation is 1. The lowest BCUT2D eigenvalue weighted by atomic mass is 10.1. The van der Waals surface area contributed by atoms with E-state index in [0.717, 1.165) is 35.7 Å². The van der Waals surface area contributed by atoms with Gasteiger partial charge in [0, 0.05) is 23.7 Å². The minimum atomic E-state index is -0.718. The predicted molar refractivity (Wildman–Crippen MR) is 100.0 cm³/mol. The van der Waals surface area contributed by atoms with Crippen LogP contribution >= 0.6 is 11.6 Å². The van der Waals surface area contributed by atoms with Crippen LogP contribution in [0.1, 0.15) is 39.6 Å². The molecule has 2 aromatic heterocycles. The molecule has 0 unspecified atom stereocenters. The Labute approximate surface area is 164 Å². The summed E-state index contributed by atoms with van der Waals surface area (Å²) in [5, 5.41) is 7.40. The van der Waals surface area contributed by atoms with Crippen molar-refractivity contribution in [2.24, 2.45) is 5.92 Å². The molecule has 1 aromatic carbocycles. The molecule has 1 N–H and O–H groups in total. The third-order valence-corrected chi connectivity index (χ3v) is 5.61. The molecule has 1 fully saturated rings. The summed E-state index contributed by atoms with van der Waals surface area (Å²) in [4.78, 5) is 17.0. The Bertz CT molecular complexity index is 1140. The van der Waals surface area contributed by atoms with Crippen molar-refractivity contribution >= 4 is 23.3 Å². The maximum absolute atomic E-state index is 14.4. The molecule has 0 spiro atoms. The Kier molecular flexibility index (Phi) is 3.77. The zero-order chi connectivity index (χ0) is 19.6. The number of aromatic nitrogens is 3. The van der Waals surface area contributed by atoms with Gasteiger partial charge >= 0.3 is 0 Å². The van der Waals surface area contributed by atoms with Crippen LogP contribution in [0.4, 0.5) is 14.6 Å². The van der Waals surface area contributed by atoms with E-state index in [1.165, 1.54) is 16.8 Å². The molecule has 1 saturated carbocycles. The van der Waals surface area contributed by atoms with E-state index < -0.39 is 17.5 Å². The maximum atomic E-state index is 14.4. The van der Waals surface area contributed by atoms with Crippen molar-refractivity contribution in [3.05, 3.63) is 69.6 Å². The summed E-state index contributed by atoms with van der Waals surface area (Å²) in [5.74, 6) is -0.865. The molecule has 2 aliphatic carbocycles. The van der Waals surface area contributed by atoms with E-state index in [9.17, 15) is 13.6 Å². The topological polar surface area (TPSA) is 59.8 Å². The Morgan fingerprint density at radius 2 is 2.14 bits per heavy atom. The number of rotatable bonds is 3. The minimum Gasteiger partial charge on any atom is -0.304 e. The Hall–Kier alpha value is -2.80. The third kappa shape index (κ3) is 2.69. The Morgan fingerprint density at radius 3 is 2.89 bits per heavy atom. The number of hydrogen-bond donors (Lipinski definition) is 1. The fourth-order valence-corrected chi connectivity index (χ4v) is 4.20. The van der Waals surface area contributed by atoms with Crippen LogP contribution in [0.2, 0.25) is 5.02 Å². The summed E-state index contributed by atoms with van der Waals surface area (Å²) >= 11 is 6.16. The average molecular weight is 401 g/mol. The van der Waals surface area contributed by atoms with Gasteiger partial charge in [0.1, 0.15) is 11.5 Å². The van der Waals surface area contributed by atoms with E-state index in [1.807, 2.05) is 6.92 Å². The van der Waals surface area contributed by atoms with E-state index >= 15 is 0 Å². The average Bonchev–Trinajstić information content (AvgIpc) is 3.14. The van der Waals surface area contributed by atoms with Crippen LogP contribution in [0.5, 0.6) is 0 Å². The summed E-state index contributed by atoms with van der Waals surface area (Å²) < 4.78 is 29.1. The van der Waals surface area contributed by atoms with Gasteiger partial charge in [-0.15, -0.1) is 0 Å². The zero-order valence-electron chi connectivity index (χ0n) is 14.8. The van der Waals surface area contributed by atoms with Crippen LogP contribution in [-0.2, 0) is 6.42 Å². The molecule has 28 heavy (non-hydrogen) atoms. The summed E-state index contributed by atoms with van der Waals surface area (Å²) in [6.45, 7) is 1.85.